The lowest BCUT2D eigenvalue weighted by atomic mass is 10.3. The summed E-state index contributed by atoms with van der Waals surface area (Å²) >= 11 is 5.58. The number of carbonyl (C=O) groups is 1. The van der Waals surface area contributed by atoms with Crippen molar-refractivity contribution in [1.29, 1.82) is 0 Å². The van der Waals surface area contributed by atoms with Crippen LogP contribution in [0, 0.1) is 5.82 Å². The zero-order valence-corrected chi connectivity index (χ0v) is 8.14. The van der Waals surface area contributed by atoms with Gasteiger partial charge in [0.05, 0.1) is 18.4 Å². The van der Waals surface area contributed by atoms with Crippen LogP contribution in [0.15, 0.2) is 12.3 Å². The van der Waals surface area contributed by atoms with E-state index in [0.29, 0.717) is 6.61 Å². The SMILES string of the molecule is CCONC(=O)c1cc(F)cnc1Cl. The Balaban J connectivity index is 2.83. The molecule has 76 valence electrons. The fraction of sp³-hybridized carbons (Fsp3) is 0.250. The summed E-state index contributed by atoms with van der Waals surface area (Å²) in [4.78, 5) is 19.4. The van der Waals surface area contributed by atoms with E-state index in [4.69, 9.17) is 11.6 Å². The minimum absolute atomic E-state index is 0.0554. The topological polar surface area (TPSA) is 51.2 Å². The van der Waals surface area contributed by atoms with Crippen LogP contribution in [0.4, 0.5) is 4.39 Å². The Hall–Kier alpha value is -1.20. The van der Waals surface area contributed by atoms with Crippen molar-refractivity contribution in [3.05, 3.63) is 28.8 Å². The highest BCUT2D eigenvalue weighted by atomic mass is 35.5. The molecule has 0 radical (unpaired) electrons. The molecule has 0 saturated heterocycles. The van der Waals surface area contributed by atoms with E-state index in [1.54, 1.807) is 6.92 Å². The van der Waals surface area contributed by atoms with Gasteiger partial charge in [0.15, 0.2) is 0 Å². The highest BCUT2D eigenvalue weighted by Crippen LogP contribution is 2.13. The fourth-order valence-electron chi connectivity index (χ4n) is 0.775. The van der Waals surface area contributed by atoms with Crippen LogP contribution in [0.1, 0.15) is 17.3 Å². The average molecular weight is 219 g/mol. The molecule has 1 N–H and O–H groups in total. The summed E-state index contributed by atoms with van der Waals surface area (Å²) < 4.78 is 12.7. The highest BCUT2D eigenvalue weighted by Gasteiger charge is 2.12. The van der Waals surface area contributed by atoms with E-state index in [2.05, 4.69) is 15.3 Å². The first-order valence-corrected chi connectivity index (χ1v) is 4.26. The standard InChI is InChI=1S/C8H8ClFN2O2/c1-2-14-12-8(13)6-3-5(10)4-11-7(6)9/h3-4H,2H2,1H3,(H,12,13). The van der Waals surface area contributed by atoms with E-state index in [1.807, 2.05) is 0 Å². The molecule has 0 aliphatic rings. The number of rotatable bonds is 3. The maximum Gasteiger partial charge on any atom is 0.278 e. The van der Waals surface area contributed by atoms with Crippen LogP contribution in [-0.4, -0.2) is 17.5 Å². The van der Waals surface area contributed by atoms with E-state index in [9.17, 15) is 9.18 Å². The van der Waals surface area contributed by atoms with Crippen molar-refractivity contribution in [2.75, 3.05) is 6.61 Å². The van der Waals surface area contributed by atoms with Crippen LogP contribution < -0.4 is 5.48 Å². The zero-order chi connectivity index (χ0) is 10.6. The van der Waals surface area contributed by atoms with E-state index < -0.39 is 11.7 Å². The average Bonchev–Trinajstić information content (AvgIpc) is 2.18. The molecule has 0 atom stereocenters. The van der Waals surface area contributed by atoms with E-state index in [1.165, 1.54) is 0 Å². The second-order valence-corrected chi connectivity index (χ2v) is 2.71. The molecule has 1 rings (SSSR count). The largest absolute Gasteiger partial charge is 0.278 e. The Morgan fingerprint density at radius 1 is 1.79 bits per heavy atom. The molecule has 1 heterocycles. The predicted molar refractivity (Wildman–Crippen MR) is 48.3 cm³/mol. The summed E-state index contributed by atoms with van der Waals surface area (Å²) in [6.07, 6.45) is 0.930. The van der Waals surface area contributed by atoms with Crippen molar-refractivity contribution in [2.24, 2.45) is 0 Å². The highest BCUT2D eigenvalue weighted by molar-refractivity contribution is 6.32. The third-order valence-corrected chi connectivity index (χ3v) is 1.66. The quantitative estimate of drug-likeness (QED) is 0.619. The Morgan fingerprint density at radius 3 is 3.14 bits per heavy atom. The summed E-state index contributed by atoms with van der Waals surface area (Å²) in [5.74, 6) is -1.25. The molecule has 14 heavy (non-hydrogen) atoms. The third-order valence-electron chi connectivity index (χ3n) is 1.36. The lowest BCUT2D eigenvalue weighted by molar-refractivity contribution is 0.0364. The van der Waals surface area contributed by atoms with Gasteiger partial charge >= 0.3 is 0 Å². The monoisotopic (exact) mass is 218 g/mol. The van der Waals surface area contributed by atoms with Gasteiger partial charge in [-0.15, -0.1) is 0 Å². The molecule has 0 aliphatic carbocycles. The van der Waals surface area contributed by atoms with Crippen molar-refractivity contribution < 1.29 is 14.0 Å². The second kappa shape index (κ2) is 4.88. The summed E-state index contributed by atoms with van der Waals surface area (Å²) in [6, 6.07) is 0.990. The molecule has 0 aliphatic heterocycles. The maximum atomic E-state index is 12.7. The molecule has 0 aromatic carbocycles. The molecule has 0 fully saturated rings. The molecule has 1 amide bonds. The Kier molecular flexibility index (Phi) is 3.79. The van der Waals surface area contributed by atoms with Gasteiger partial charge in [0.1, 0.15) is 11.0 Å². The van der Waals surface area contributed by atoms with Crippen LogP contribution in [-0.2, 0) is 4.84 Å². The molecular formula is C8H8ClFN2O2. The lowest BCUT2D eigenvalue weighted by Gasteiger charge is -2.04. The smallest absolute Gasteiger partial charge is 0.274 e. The van der Waals surface area contributed by atoms with Gasteiger partial charge in [0, 0.05) is 0 Å². The predicted octanol–water partition coefficient (Wildman–Crippen LogP) is 1.56. The van der Waals surface area contributed by atoms with Gasteiger partial charge in [-0.25, -0.2) is 14.9 Å². The first-order chi connectivity index (χ1) is 6.65. The Morgan fingerprint density at radius 2 is 2.50 bits per heavy atom. The minimum atomic E-state index is -0.629. The summed E-state index contributed by atoms with van der Waals surface area (Å²) in [7, 11) is 0. The first-order valence-electron chi connectivity index (χ1n) is 3.88. The minimum Gasteiger partial charge on any atom is -0.274 e. The maximum absolute atomic E-state index is 12.7. The van der Waals surface area contributed by atoms with Crippen LogP contribution in [0.5, 0.6) is 0 Å². The molecule has 4 nitrogen and oxygen atoms in total. The van der Waals surface area contributed by atoms with Gasteiger partial charge in [-0.1, -0.05) is 11.6 Å². The molecule has 0 spiro atoms. The first kappa shape index (κ1) is 10.9. The Bertz CT molecular complexity index is 346. The third kappa shape index (κ3) is 2.65. The van der Waals surface area contributed by atoms with Crippen LogP contribution >= 0.6 is 11.6 Å². The molecule has 0 unspecified atom stereocenters. The molecule has 0 bridgehead atoms. The van der Waals surface area contributed by atoms with Crippen LogP contribution in [0.25, 0.3) is 0 Å². The van der Waals surface area contributed by atoms with Gasteiger partial charge in [-0.05, 0) is 13.0 Å². The normalized spacial score (nSPS) is 9.93. The number of hydrogen-bond acceptors (Lipinski definition) is 3. The number of amides is 1. The second-order valence-electron chi connectivity index (χ2n) is 2.36. The van der Waals surface area contributed by atoms with Gasteiger partial charge in [-0.2, -0.15) is 0 Å². The number of hydroxylamine groups is 1. The van der Waals surface area contributed by atoms with Crippen molar-refractivity contribution in [1.82, 2.24) is 10.5 Å². The zero-order valence-electron chi connectivity index (χ0n) is 7.38. The lowest BCUT2D eigenvalue weighted by Crippen LogP contribution is -2.24. The number of carbonyl (C=O) groups excluding carboxylic acids is 1. The number of nitrogens with zero attached hydrogens (tertiary/aromatic N) is 1. The van der Waals surface area contributed by atoms with Crippen molar-refractivity contribution in [2.45, 2.75) is 6.92 Å². The van der Waals surface area contributed by atoms with E-state index in [-0.39, 0.29) is 10.7 Å². The van der Waals surface area contributed by atoms with E-state index in [0.717, 1.165) is 12.3 Å². The molecule has 1 aromatic heterocycles. The van der Waals surface area contributed by atoms with Crippen LogP contribution in [0.2, 0.25) is 5.15 Å². The number of aromatic nitrogens is 1. The number of hydrogen-bond donors (Lipinski definition) is 1. The summed E-state index contributed by atoms with van der Waals surface area (Å²) in [6.45, 7) is 2.01. The van der Waals surface area contributed by atoms with Gasteiger partial charge in [0.25, 0.3) is 5.91 Å². The number of pyridine rings is 1. The molecule has 6 heteroatoms. The van der Waals surface area contributed by atoms with Crippen molar-refractivity contribution in [3.63, 3.8) is 0 Å². The van der Waals surface area contributed by atoms with Crippen LogP contribution in [0.3, 0.4) is 0 Å². The Labute approximate surface area is 85.0 Å². The van der Waals surface area contributed by atoms with Crippen molar-refractivity contribution >= 4 is 17.5 Å². The van der Waals surface area contributed by atoms with Crippen molar-refractivity contribution in [3.8, 4) is 0 Å². The fourth-order valence-corrected chi connectivity index (χ4v) is 0.964. The van der Waals surface area contributed by atoms with Gasteiger partial charge < -0.3 is 0 Å². The molecular weight excluding hydrogens is 211 g/mol. The summed E-state index contributed by atoms with van der Waals surface area (Å²) in [5, 5.41) is -0.0661. The van der Waals surface area contributed by atoms with Gasteiger partial charge in [-0.3, -0.25) is 9.63 Å². The van der Waals surface area contributed by atoms with Gasteiger partial charge in [0.2, 0.25) is 0 Å². The summed E-state index contributed by atoms with van der Waals surface area (Å²) in [5.41, 5.74) is 2.03. The molecule has 1 aromatic rings. The number of halogens is 2. The molecule has 0 saturated carbocycles. The van der Waals surface area contributed by atoms with E-state index >= 15 is 0 Å². The number of nitrogens with one attached hydrogen (secondary N) is 1.